The number of alkyl halides is 9. The Morgan fingerprint density at radius 1 is 0.844 bits per heavy atom. The summed E-state index contributed by atoms with van der Waals surface area (Å²) < 4.78 is 124. The molecule has 0 amide bonds. The van der Waals surface area contributed by atoms with Crippen LogP contribution in [0.3, 0.4) is 0 Å². The van der Waals surface area contributed by atoms with Crippen LogP contribution in [0.2, 0.25) is 0 Å². The molecule has 0 atom stereocenters. The van der Waals surface area contributed by atoms with Crippen molar-refractivity contribution in [2.75, 3.05) is 26.2 Å². The van der Waals surface area contributed by atoms with Crippen LogP contribution in [0.5, 0.6) is 0 Å². The monoisotopic (exact) mass is 689 g/mol. The summed E-state index contributed by atoms with van der Waals surface area (Å²) in [7, 11) is -1.67. The number of aryl methyl sites for hydroxylation is 1. The molecule has 2 fully saturated rings. The number of carbonyl (C=O) groups is 3. The minimum absolute atomic E-state index is 0.106. The number of aliphatic carboxylic acids is 3. The number of hydrogen-bond acceptors (Lipinski definition) is 8. The largest absolute Gasteiger partial charge is 0.490 e. The number of likely N-dealkylation sites (tertiary alicyclic amines) is 1. The minimum Gasteiger partial charge on any atom is -0.475 e. The molecule has 0 aromatic carbocycles. The predicted octanol–water partition coefficient (Wildman–Crippen LogP) is 2.61. The van der Waals surface area contributed by atoms with E-state index < -0.39 is 46.5 Å². The van der Waals surface area contributed by atoms with Crippen molar-refractivity contribution in [1.29, 1.82) is 0 Å². The van der Waals surface area contributed by atoms with Gasteiger partial charge < -0.3 is 19.9 Å². The molecular weight excluding hydrogens is 665 g/mol. The van der Waals surface area contributed by atoms with E-state index in [-0.39, 0.29) is 10.4 Å². The number of aromatic nitrogens is 3. The Morgan fingerprint density at radius 2 is 1.27 bits per heavy atom. The molecule has 4 heterocycles. The van der Waals surface area contributed by atoms with Crippen molar-refractivity contribution in [2.24, 2.45) is 12.5 Å². The Hall–Kier alpha value is -3.99. The second-order valence-electron chi connectivity index (χ2n) is 9.38. The molecule has 2 aliphatic rings. The van der Waals surface area contributed by atoms with Crippen LogP contribution in [-0.2, 0) is 38.0 Å². The number of nitrogens with zero attached hydrogens (tertiary/aromatic N) is 5. The van der Waals surface area contributed by atoms with E-state index in [1.54, 1.807) is 22.1 Å². The van der Waals surface area contributed by atoms with Crippen LogP contribution >= 0.6 is 0 Å². The number of rotatable bonds is 4. The summed E-state index contributed by atoms with van der Waals surface area (Å²) in [6.45, 7) is 4.05. The van der Waals surface area contributed by atoms with Gasteiger partial charge in [-0.2, -0.15) is 43.8 Å². The van der Waals surface area contributed by atoms with Gasteiger partial charge in [-0.15, -0.1) is 0 Å². The smallest absolute Gasteiger partial charge is 0.475 e. The summed E-state index contributed by atoms with van der Waals surface area (Å²) in [6, 6.07) is 4.06. The Balaban J connectivity index is 0.000000396. The number of sulfonamides is 1. The fourth-order valence-corrected chi connectivity index (χ4v) is 5.33. The molecule has 0 bridgehead atoms. The third-order valence-corrected chi connectivity index (χ3v) is 7.39. The molecule has 0 unspecified atom stereocenters. The molecule has 2 aromatic rings. The zero-order valence-electron chi connectivity index (χ0n) is 22.6. The molecule has 254 valence electrons. The third-order valence-electron chi connectivity index (χ3n) is 5.71. The molecule has 45 heavy (non-hydrogen) atoms. The van der Waals surface area contributed by atoms with Crippen molar-refractivity contribution >= 4 is 27.9 Å². The normalized spacial score (nSPS) is 16.6. The molecule has 2 aliphatic heterocycles. The average Bonchev–Trinajstić information content (AvgIpc) is 3.50. The maximum atomic E-state index is 12.6. The number of hydrogen-bond donors (Lipinski definition) is 3. The maximum absolute atomic E-state index is 12.6. The van der Waals surface area contributed by atoms with Gasteiger partial charge in [0.1, 0.15) is 0 Å². The number of imidazole rings is 1. The van der Waals surface area contributed by atoms with E-state index in [0.29, 0.717) is 13.1 Å². The Kier molecular flexibility index (Phi) is 12.9. The van der Waals surface area contributed by atoms with Crippen LogP contribution in [-0.4, -0.2) is 110 Å². The van der Waals surface area contributed by atoms with Gasteiger partial charge in [0.25, 0.3) is 10.0 Å². The summed E-state index contributed by atoms with van der Waals surface area (Å²) in [5.41, 5.74) is 1.36. The van der Waals surface area contributed by atoms with Crippen molar-refractivity contribution in [3.63, 3.8) is 0 Å². The fraction of sp³-hybridized carbons (Fsp3) is 0.500. The molecule has 2 saturated heterocycles. The molecule has 23 heteroatoms. The molecule has 1 spiro atoms. The zero-order valence-corrected chi connectivity index (χ0v) is 23.5. The lowest BCUT2D eigenvalue weighted by atomic mass is 9.81. The summed E-state index contributed by atoms with van der Waals surface area (Å²) in [5.74, 6) is -8.27. The van der Waals surface area contributed by atoms with Gasteiger partial charge in [0.15, 0.2) is 5.03 Å². The second kappa shape index (κ2) is 14.9. The highest BCUT2D eigenvalue weighted by Crippen LogP contribution is 2.42. The third kappa shape index (κ3) is 12.5. The highest BCUT2D eigenvalue weighted by atomic mass is 32.2. The van der Waals surface area contributed by atoms with E-state index in [9.17, 15) is 47.9 Å². The second-order valence-corrected chi connectivity index (χ2v) is 11.3. The Bertz CT molecular complexity index is 1350. The van der Waals surface area contributed by atoms with Gasteiger partial charge in [-0.1, -0.05) is 0 Å². The zero-order chi connectivity index (χ0) is 35.0. The summed E-state index contributed by atoms with van der Waals surface area (Å²) in [4.78, 5) is 37.1. The van der Waals surface area contributed by atoms with Crippen molar-refractivity contribution in [3.05, 3.63) is 42.6 Å². The van der Waals surface area contributed by atoms with Gasteiger partial charge in [0.2, 0.25) is 0 Å². The highest BCUT2D eigenvalue weighted by molar-refractivity contribution is 7.89. The molecule has 4 rings (SSSR count). The minimum atomic E-state index is -5.08. The fourth-order valence-electron chi connectivity index (χ4n) is 3.69. The van der Waals surface area contributed by atoms with Gasteiger partial charge in [0, 0.05) is 57.2 Å². The number of halogens is 9. The van der Waals surface area contributed by atoms with Gasteiger partial charge in [-0.05, 0) is 30.7 Å². The van der Waals surface area contributed by atoms with Gasteiger partial charge in [0.05, 0.1) is 6.33 Å². The van der Waals surface area contributed by atoms with Crippen molar-refractivity contribution in [2.45, 2.75) is 36.5 Å². The molecular formula is C22H24F9N5O8S. The Morgan fingerprint density at radius 3 is 1.62 bits per heavy atom. The van der Waals surface area contributed by atoms with Crippen LogP contribution in [0, 0.1) is 5.41 Å². The lowest BCUT2D eigenvalue weighted by molar-refractivity contribution is -0.193. The molecule has 3 N–H and O–H groups in total. The van der Waals surface area contributed by atoms with Gasteiger partial charge in [-0.25, -0.2) is 27.8 Å². The van der Waals surface area contributed by atoms with E-state index in [1.807, 2.05) is 24.5 Å². The molecule has 0 saturated carbocycles. The van der Waals surface area contributed by atoms with E-state index in [2.05, 4.69) is 14.9 Å². The maximum Gasteiger partial charge on any atom is 0.490 e. The first-order valence-electron chi connectivity index (χ1n) is 11.8. The number of pyridine rings is 1. The van der Waals surface area contributed by atoms with E-state index in [1.165, 1.54) is 11.9 Å². The van der Waals surface area contributed by atoms with Gasteiger partial charge in [-0.3, -0.25) is 9.88 Å². The molecule has 13 nitrogen and oxygen atoms in total. The Labute approximate surface area is 247 Å². The SMILES string of the molecule is Cn1cnc(S(=O)(=O)N2CC3(CCN(Cc4ccncc4)C3)C2)c1.O=C(O)C(F)(F)F.O=C(O)C(F)(F)F.O=C(O)C(F)(F)F. The van der Waals surface area contributed by atoms with E-state index >= 15 is 0 Å². The molecule has 0 radical (unpaired) electrons. The highest BCUT2D eigenvalue weighted by Gasteiger charge is 2.52. The van der Waals surface area contributed by atoms with Crippen LogP contribution < -0.4 is 0 Å². The molecule has 2 aromatic heterocycles. The first kappa shape index (κ1) is 39.0. The topological polar surface area (TPSA) is 183 Å². The van der Waals surface area contributed by atoms with Crippen LogP contribution in [0.4, 0.5) is 39.5 Å². The van der Waals surface area contributed by atoms with Crippen molar-refractivity contribution in [3.8, 4) is 0 Å². The quantitative estimate of drug-likeness (QED) is 0.401. The van der Waals surface area contributed by atoms with Crippen molar-refractivity contribution < 1.29 is 77.6 Å². The summed E-state index contributed by atoms with van der Waals surface area (Å²) in [5, 5.41) is 21.5. The van der Waals surface area contributed by atoms with E-state index in [4.69, 9.17) is 29.7 Å². The average molecular weight is 690 g/mol. The van der Waals surface area contributed by atoms with Crippen LogP contribution in [0.1, 0.15) is 12.0 Å². The number of carboxylic acid groups (broad SMARTS) is 3. The molecule has 0 aliphatic carbocycles. The van der Waals surface area contributed by atoms with Crippen LogP contribution in [0.25, 0.3) is 0 Å². The van der Waals surface area contributed by atoms with Gasteiger partial charge >= 0.3 is 36.4 Å². The lowest BCUT2D eigenvalue weighted by Crippen LogP contribution is -2.59. The summed E-state index contributed by atoms with van der Waals surface area (Å²) >= 11 is 0. The lowest BCUT2D eigenvalue weighted by Gasteiger charge is -2.46. The first-order valence-corrected chi connectivity index (χ1v) is 13.2. The first-order chi connectivity index (χ1) is 20.3. The standard InChI is InChI=1S/C16H21N5O2S.3C2HF3O2/c1-19-9-15(18-13-19)24(22,23)21-11-16(12-21)4-7-20(10-16)8-14-2-5-17-6-3-14;3*3-2(4,5)1(6)7/h2-3,5-6,9,13H,4,7-8,10-12H2,1H3;3*(H,6,7). The van der Waals surface area contributed by atoms with E-state index in [0.717, 1.165) is 26.1 Å². The number of carboxylic acids is 3. The van der Waals surface area contributed by atoms with Crippen molar-refractivity contribution in [1.82, 2.24) is 23.7 Å². The van der Waals surface area contributed by atoms with Crippen LogP contribution in [0.15, 0.2) is 42.1 Å². The summed E-state index contributed by atoms with van der Waals surface area (Å²) in [6.07, 6.45) is -7.50. The predicted molar refractivity (Wildman–Crippen MR) is 130 cm³/mol.